The van der Waals surface area contributed by atoms with Crippen LogP contribution in [0.2, 0.25) is 0 Å². The number of carbonyl (C=O) groups is 1. The Balaban J connectivity index is 2.05. The summed E-state index contributed by atoms with van der Waals surface area (Å²) < 4.78 is 32.1. The van der Waals surface area contributed by atoms with Crippen LogP contribution in [0.3, 0.4) is 0 Å². The van der Waals surface area contributed by atoms with E-state index in [-0.39, 0.29) is 4.60 Å². The second kappa shape index (κ2) is 5.81. The van der Waals surface area contributed by atoms with Crippen LogP contribution in [-0.4, -0.2) is 29.1 Å². The molecule has 0 aromatic carbocycles. The maximum atomic E-state index is 13.8. The molecule has 1 saturated heterocycles. The molecule has 1 aliphatic rings. The first kappa shape index (κ1) is 14.2. The number of likely N-dealkylation sites (tertiary alicyclic amines) is 1. The molecule has 0 aliphatic carbocycles. The lowest BCUT2D eigenvalue weighted by atomic mass is 10.1. The number of ether oxygens (including phenoxy) is 1. The van der Waals surface area contributed by atoms with Crippen molar-refractivity contribution in [3.63, 3.8) is 0 Å². The van der Waals surface area contributed by atoms with E-state index in [0.717, 1.165) is 25.3 Å². The highest BCUT2D eigenvalue weighted by Crippen LogP contribution is 2.29. The molecular formula is C12H13BrF2N2O2. The number of piperidine rings is 1. The summed E-state index contributed by atoms with van der Waals surface area (Å²) >= 11 is 3.00. The van der Waals surface area contributed by atoms with Crippen LogP contribution in [0, 0.1) is 0 Å². The van der Waals surface area contributed by atoms with Gasteiger partial charge in [-0.3, -0.25) is 0 Å². The molecule has 104 valence electrons. The fourth-order valence-corrected chi connectivity index (χ4v) is 2.22. The lowest BCUT2D eigenvalue weighted by Gasteiger charge is -2.27. The minimum absolute atomic E-state index is 0.263. The summed E-state index contributed by atoms with van der Waals surface area (Å²) in [5.74, 6) is 0. The highest BCUT2D eigenvalue weighted by Gasteiger charge is 2.40. The van der Waals surface area contributed by atoms with E-state index in [1.54, 1.807) is 0 Å². The van der Waals surface area contributed by atoms with E-state index in [4.69, 9.17) is 0 Å². The van der Waals surface area contributed by atoms with Gasteiger partial charge in [-0.25, -0.2) is 9.78 Å². The molecule has 2 heterocycles. The van der Waals surface area contributed by atoms with Crippen molar-refractivity contribution < 1.29 is 18.3 Å². The Kier molecular flexibility index (Phi) is 4.34. The molecule has 0 atom stereocenters. The number of hydrogen-bond donors (Lipinski definition) is 0. The number of rotatable bonds is 2. The van der Waals surface area contributed by atoms with Crippen LogP contribution in [-0.2, 0) is 10.8 Å². The van der Waals surface area contributed by atoms with Crippen LogP contribution >= 0.6 is 15.9 Å². The highest BCUT2D eigenvalue weighted by atomic mass is 79.9. The van der Waals surface area contributed by atoms with Gasteiger partial charge < -0.3 is 9.64 Å². The minimum Gasteiger partial charge on any atom is -0.379 e. The summed E-state index contributed by atoms with van der Waals surface area (Å²) in [7, 11) is 0. The Morgan fingerprint density at radius 2 is 2.00 bits per heavy atom. The molecular weight excluding hydrogens is 322 g/mol. The summed E-state index contributed by atoms with van der Waals surface area (Å²) in [6.07, 6.45) is -2.08. The van der Waals surface area contributed by atoms with E-state index in [9.17, 15) is 13.6 Å². The monoisotopic (exact) mass is 334 g/mol. The van der Waals surface area contributed by atoms with Crippen LogP contribution in [0.15, 0.2) is 22.8 Å². The van der Waals surface area contributed by atoms with E-state index in [0.29, 0.717) is 13.1 Å². The topological polar surface area (TPSA) is 42.4 Å². The second-order valence-electron chi connectivity index (χ2n) is 4.28. The number of amides is 1. The predicted octanol–water partition coefficient (Wildman–Crippen LogP) is 3.52. The predicted molar refractivity (Wildman–Crippen MR) is 67.7 cm³/mol. The van der Waals surface area contributed by atoms with Crippen molar-refractivity contribution in [1.29, 1.82) is 0 Å². The third-order valence-corrected chi connectivity index (χ3v) is 3.28. The van der Waals surface area contributed by atoms with Crippen molar-refractivity contribution >= 4 is 22.0 Å². The number of carbonyl (C=O) groups excluding carboxylic acids is 1. The van der Waals surface area contributed by atoms with Crippen LogP contribution in [0.4, 0.5) is 13.6 Å². The minimum atomic E-state index is -3.72. The Hall–Kier alpha value is -1.24. The molecule has 1 aromatic rings. The maximum absolute atomic E-state index is 13.8. The van der Waals surface area contributed by atoms with Gasteiger partial charge in [0.05, 0.1) is 0 Å². The van der Waals surface area contributed by atoms with E-state index >= 15 is 0 Å². The number of aromatic nitrogens is 1. The molecule has 19 heavy (non-hydrogen) atoms. The zero-order chi connectivity index (χ0) is 13.9. The normalized spacial score (nSPS) is 16.3. The van der Waals surface area contributed by atoms with Crippen LogP contribution in [0.1, 0.15) is 25.0 Å². The number of alkyl halides is 2. The van der Waals surface area contributed by atoms with Gasteiger partial charge in [-0.05, 0) is 47.3 Å². The van der Waals surface area contributed by atoms with Gasteiger partial charge >= 0.3 is 12.2 Å². The van der Waals surface area contributed by atoms with Crippen molar-refractivity contribution in [2.45, 2.75) is 25.4 Å². The first-order valence-electron chi connectivity index (χ1n) is 5.98. The van der Waals surface area contributed by atoms with Crippen molar-refractivity contribution in [2.24, 2.45) is 0 Å². The average molecular weight is 335 g/mol. The number of halogens is 3. The molecule has 0 bridgehead atoms. The number of hydrogen-bond acceptors (Lipinski definition) is 3. The van der Waals surface area contributed by atoms with Gasteiger partial charge in [0.2, 0.25) is 0 Å². The van der Waals surface area contributed by atoms with Crippen LogP contribution < -0.4 is 0 Å². The zero-order valence-corrected chi connectivity index (χ0v) is 11.7. The van der Waals surface area contributed by atoms with Gasteiger partial charge in [-0.15, -0.1) is 0 Å². The third kappa shape index (κ3) is 3.62. The summed E-state index contributed by atoms with van der Waals surface area (Å²) in [6.45, 7) is 0.918. The van der Waals surface area contributed by atoms with E-state index in [1.807, 2.05) is 0 Å². The Labute approximate surface area is 117 Å². The first-order valence-corrected chi connectivity index (χ1v) is 6.77. The maximum Gasteiger partial charge on any atom is 0.447 e. The van der Waals surface area contributed by atoms with Gasteiger partial charge in [-0.2, -0.15) is 8.78 Å². The summed E-state index contributed by atoms with van der Waals surface area (Å²) in [5, 5.41) is 0. The van der Waals surface area contributed by atoms with E-state index in [2.05, 4.69) is 25.7 Å². The molecule has 2 rings (SSSR count). The van der Waals surface area contributed by atoms with Crippen LogP contribution in [0.25, 0.3) is 0 Å². The summed E-state index contributed by atoms with van der Waals surface area (Å²) in [4.78, 5) is 16.6. The highest BCUT2D eigenvalue weighted by molar-refractivity contribution is 9.10. The molecule has 1 aromatic heterocycles. The standard InChI is InChI=1S/C12H13BrF2N2O2/c13-10-6-4-5-9(16-10)12(14,15)19-11(18)17-7-2-1-3-8-17/h4-6H,1-3,7-8H2. The number of nitrogens with zero attached hydrogens (tertiary/aromatic N) is 2. The molecule has 0 saturated carbocycles. The van der Waals surface area contributed by atoms with E-state index in [1.165, 1.54) is 17.0 Å². The molecule has 0 N–H and O–H groups in total. The Morgan fingerprint density at radius 1 is 1.32 bits per heavy atom. The molecule has 0 unspecified atom stereocenters. The fraction of sp³-hybridized carbons (Fsp3) is 0.500. The average Bonchev–Trinajstić information content (AvgIpc) is 2.39. The molecule has 0 radical (unpaired) electrons. The zero-order valence-electron chi connectivity index (χ0n) is 10.1. The molecule has 1 amide bonds. The molecule has 7 heteroatoms. The SMILES string of the molecule is O=C(OC(F)(F)c1cccc(Br)n1)N1CCCCC1. The van der Waals surface area contributed by atoms with Gasteiger partial charge in [0.1, 0.15) is 4.60 Å². The Bertz CT molecular complexity index is 465. The van der Waals surface area contributed by atoms with Gasteiger partial charge in [0.25, 0.3) is 0 Å². The molecule has 4 nitrogen and oxygen atoms in total. The van der Waals surface area contributed by atoms with Crippen molar-refractivity contribution in [3.05, 3.63) is 28.5 Å². The molecule has 0 spiro atoms. The van der Waals surface area contributed by atoms with Crippen molar-refractivity contribution in [1.82, 2.24) is 9.88 Å². The quantitative estimate of drug-likeness (QED) is 0.777. The summed E-state index contributed by atoms with van der Waals surface area (Å²) in [6, 6.07) is 4.05. The van der Waals surface area contributed by atoms with Gasteiger partial charge in [0.15, 0.2) is 5.69 Å². The molecule has 1 aliphatic heterocycles. The second-order valence-corrected chi connectivity index (χ2v) is 5.09. The van der Waals surface area contributed by atoms with Gasteiger partial charge in [-0.1, -0.05) is 6.07 Å². The van der Waals surface area contributed by atoms with Crippen molar-refractivity contribution in [2.75, 3.05) is 13.1 Å². The molecule has 1 fully saturated rings. The third-order valence-electron chi connectivity index (χ3n) is 2.84. The first-order chi connectivity index (χ1) is 8.99. The summed E-state index contributed by atoms with van der Waals surface area (Å²) in [5.41, 5.74) is -0.591. The largest absolute Gasteiger partial charge is 0.447 e. The number of pyridine rings is 1. The van der Waals surface area contributed by atoms with Gasteiger partial charge in [0, 0.05) is 13.1 Å². The smallest absolute Gasteiger partial charge is 0.379 e. The van der Waals surface area contributed by atoms with Crippen molar-refractivity contribution in [3.8, 4) is 0 Å². The van der Waals surface area contributed by atoms with E-state index < -0.39 is 17.9 Å². The Morgan fingerprint density at radius 3 is 2.63 bits per heavy atom. The lowest BCUT2D eigenvalue weighted by Crippen LogP contribution is -2.39. The van der Waals surface area contributed by atoms with Crippen LogP contribution in [0.5, 0.6) is 0 Å². The fourth-order valence-electron chi connectivity index (χ4n) is 1.87. The lowest BCUT2D eigenvalue weighted by molar-refractivity contribution is -0.216.